The van der Waals surface area contributed by atoms with Crippen LogP contribution in [-0.4, -0.2) is 0 Å². The van der Waals surface area contributed by atoms with Crippen LogP contribution in [0, 0.1) is 0 Å². The molecule has 0 saturated carbocycles. The summed E-state index contributed by atoms with van der Waals surface area (Å²) in [5, 5.41) is 0. The number of hydrogen-bond donors (Lipinski definition) is 0. The quantitative estimate of drug-likeness (QED) is 0.538. The van der Waals surface area contributed by atoms with Crippen LogP contribution in [0.4, 0.5) is 0 Å². The molecular formula is C22H25Zr. The Balaban J connectivity index is 0.00000156. The average Bonchev–Trinajstić information content (AvgIpc) is 3.15. The third-order valence-electron chi connectivity index (χ3n) is 4.84. The molecule has 2 aliphatic rings. The van der Waals surface area contributed by atoms with Crippen LogP contribution in [0.15, 0.2) is 64.0 Å². The van der Waals surface area contributed by atoms with Crippen LogP contribution in [0.2, 0.25) is 3.63 Å². The molecule has 23 heavy (non-hydrogen) atoms. The van der Waals surface area contributed by atoms with Gasteiger partial charge in [0.25, 0.3) is 0 Å². The first-order valence-corrected chi connectivity index (χ1v) is 12.1. The SMILES string of the molecule is C.C[CH](C)[Zr]([C]1=CC=CC1)[c]1cccc2c1Cc1ccccc1-2. The Labute approximate surface area is 148 Å². The summed E-state index contributed by atoms with van der Waals surface area (Å²) < 4.78 is 4.33. The monoisotopic (exact) mass is 379 g/mol. The Morgan fingerprint density at radius 2 is 1.74 bits per heavy atom. The fourth-order valence-corrected chi connectivity index (χ4v) is 11.6. The Morgan fingerprint density at radius 1 is 0.957 bits per heavy atom. The number of rotatable bonds is 3. The summed E-state index contributed by atoms with van der Waals surface area (Å²) in [6, 6.07) is 16.0. The van der Waals surface area contributed by atoms with Crippen LogP contribution < -0.4 is 3.27 Å². The van der Waals surface area contributed by atoms with Crippen molar-refractivity contribution in [2.75, 3.05) is 0 Å². The maximum atomic E-state index is 2.44. The van der Waals surface area contributed by atoms with Gasteiger partial charge >= 0.3 is 142 Å². The Morgan fingerprint density at radius 3 is 2.48 bits per heavy atom. The van der Waals surface area contributed by atoms with Gasteiger partial charge in [0, 0.05) is 0 Å². The van der Waals surface area contributed by atoms with Gasteiger partial charge in [0.05, 0.1) is 0 Å². The van der Waals surface area contributed by atoms with Crippen LogP contribution >= 0.6 is 0 Å². The molecule has 0 radical (unpaired) electrons. The van der Waals surface area contributed by atoms with Crippen molar-refractivity contribution in [2.24, 2.45) is 0 Å². The van der Waals surface area contributed by atoms with E-state index in [1.165, 1.54) is 23.1 Å². The molecule has 0 heterocycles. The molecule has 0 bridgehead atoms. The Hall–Kier alpha value is -1.20. The van der Waals surface area contributed by atoms with E-state index < -0.39 is 21.8 Å². The first-order chi connectivity index (χ1) is 10.8. The number of hydrogen-bond acceptors (Lipinski definition) is 0. The molecule has 0 N–H and O–H groups in total. The second-order valence-corrected chi connectivity index (χ2v) is 14.3. The van der Waals surface area contributed by atoms with E-state index in [1.54, 1.807) is 12.1 Å². The van der Waals surface area contributed by atoms with E-state index in [0.29, 0.717) is 0 Å². The zero-order valence-corrected chi connectivity index (χ0v) is 15.7. The molecule has 4 rings (SSSR count). The molecule has 0 aromatic heterocycles. The first-order valence-electron chi connectivity index (χ1n) is 8.19. The van der Waals surface area contributed by atoms with E-state index >= 15 is 0 Å². The summed E-state index contributed by atoms with van der Waals surface area (Å²) in [5.41, 5.74) is 6.11. The summed E-state index contributed by atoms with van der Waals surface area (Å²) in [5.74, 6) is 0. The van der Waals surface area contributed by atoms with Crippen molar-refractivity contribution in [2.45, 2.75) is 37.7 Å². The molecule has 0 spiro atoms. The van der Waals surface area contributed by atoms with E-state index in [0.717, 1.165) is 10.0 Å². The van der Waals surface area contributed by atoms with Crippen molar-refractivity contribution < 1.29 is 21.8 Å². The molecule has 0 aliphatic heterocycles. The summed E-state index contributed by atoms with van der Waals surface area (Å²) in [4.78, 5) is 0. The molecule has 2 aromatic carbocycles. The number of fused-ring (bicyclic) bond motifs is 3. The second-order valence-electron chi connectivity index (χ2n) is 6.56. The second kappa shape index (κ2) is 6.74. The van der Waals surface area contributed by atoms with Crippen molar-refractivity contribution in [1.82, 2.24) is 0 Å². The summed E-state index contributed by atoms with van der Waals surface area (Å²) >= 11 is -1.78. The topological polar surface area (TPSA) is 0 Å². The summed E-state index contributed by atoms with van der Waals surface area (Å²) in [7, 11) is 0. The van der Waals surface area contributed by atoms with Gasteiger partial charge in [-0.1, -0.05) is 7.43 Å². The van der Waals surface area contributed by atoms with E-state index in [9.17, 15) is 0 Å². The molecule has 0 saturated heterocycles. The molecular weight excluding hydrogens is 355 g/mol. The predicted octanol–water partition coefficient (Wildman–Crippen LogP) is 5.81. The molecule has 0 unspecified atom stereocenters. The van der Waals surface area contributed by atoms with E-state index in [4.69, 9.17) is 0 Å². The Kier molecular flexibility index (Phi) is 4.88. The van der Waals surface area contributed by atoms with Crippen molar-refractivity contribution in [1.29, 1.82) is 0 Å². The number of allylic oxidation sites excluding steroid dienone is 4. The molecule has 0 fully saturated rings. The Bertz CT molecular complexity index is 780. The first kappa shape index (κ1) is 16.7. The van der Waals surface area contributed by atoms with Gasteiger partial charge in [-0.2, -0.15) is 0 Å². The van der Waals surface area contributed by atoms with E-state index in [1.807, 2.05) is 0 Å². The standard InChI is InChI=1S/C13H9.C5H5.C3H7.CH4.Zr/c1-3-7-12-10(5-1)9-11-6-2-4-8-13(11)12;1-2-4-5-3-1;1-3-2;;/h1-5,7-8H,9H2;1-3H,4H2;3H,1-2H3;1H4;. The van der Waals surface area contributed by atoms with Gasteiger partial charge in [0.15, 0.2) is 0 Å². The van der Waals surface area contributed by atoms with Crippen LogP contribution in [0.25, 0.3) is 11.1 Å². The van der Waals surface area contributed by atoms with Gasteiger partial charge in [-0.25, -0.2) is 0 Å². The van der Waals surface area contributed by atoms with Crippen molar-refractivity contribution in [3.8, 4) is 11.1 Å². The van der Waals surface area contributed by atoms with Gasteiger partial charge in [-0.05, 0) is 0 Å². The summed E-state index contributed by atoms with van der Waals surface area (Å²) in [6.45, 7) is 4.88. The van der Waals surface area contributed by atoms with Crippen LogP contribution in [0.3, 0.4) is 0 Å². The minimum atomic E-state index is -1.78. The fourth-order valence-electron chi connectivity index (χ4n) is 3.91. The van der Waals surface area contributed by atoms with Crippen LogP contribution in [-0.2, 0) is 28.2 Å². The summed E-state index contributed by atoms with van der Waals surface area (Å²) in [6.07, 6.45) is 9.34. The van der Waals surface area contributed by atoms with Crippen LogP contribution in [0.1, 0.15) is 38.8 Å². The number of benzene rings is 2. The van der Waals surface area contributed by atoms with E-state index in [-0.39, 0.29) is 7.43 Å². The zero-order chi connectivity index (χ0) is 15.1. The molecule has 0 amide bonds. The van der Waals surface area contributed by atoms with Crippen molar-refractivity contribution >= 4 is 3.27 Å². The van der Waals surface area contributed by atoms with Crippen LogP contribution in [0.5, 0.6) is 0 Å². The van der Waals surface area contributed by atoms with Gasteiger partial charge in [-0.15, -0.1) is 0 Å². The van der Waals surface area contributed by atoms with Gasteiger partial charge < -0.3 is 0 Å². The third kappa shape index (κ3) is 2.85. The maximum absolute atomic E-state index is 2.44. The van der Waals surface area contributed by atoms with Gasteiger partial charge in [0.1, 0.15) is 0 Å². The third-order valence-corrected chi connectivity index (χ3v) is 12.9. The average molecular weight is 381 g/mol. The van der Waals surface area contributed by atoms with Gasteiger partial charge in [0.2, 0.25) is 0 Å². The molecule has 117 valence electrons. The minimum absolute atomic E-state index is 0. The molecule has 0 atom stereocenters. The fraction of sp³-hybridized carbons (Fsp3) is 0.273. The van der Waals surface area contributed by atoms with Crippen molar-refractivity contribution in [3.05, 3.63) is 75.1 Å². The normalized spacial score (nSPS) is 14.3. The van der Waals surface area contributed by atoms with E-state index in [2.05, 4.69) is 74.5 Å². The molecule has 1 heteroatoms. The zero-order valence-electron chi connectivity index (χ0n) is 13.3. The molecule has 2 aliphatic carbocycles. The van der Waals surface area contributed by atoms with Gasteiger partial charge in [-0.3, -0.25) is 0 Å². The predicted molar refractivity (Wildman–Crippen MR) is 98.0 cm³/mol. The van der Waals surface area contributed by atoms with Crippen molar-refractivity contribution in [3.63, 3.8) is 0 Å². The molecule has 0 nitrogen and oxygen atoms in total. The molecule has 2 aromatic rings.